The van der Waals surface area contributed by atoms with Crippen LogP contribution >= 0.6 is 11.3 Å². The molecule has 1 aromatic rings. The number of amides is 2. The van der Waals surface area contributed by atoms with Gasteiger partial charge in [-0.25, -0.2) is 9.69 Å². The predicted octanol–water partition coefficient (Wildman–Crippen LogP) is 1.74. The average molecular weight is 329 g/mol. The molecule has 0 N–H and O–H groups in total. The van der Waals surface area contributed by atoms with Crippen molar-refractivity contribution in [2.24, 2.45) is 4.99 Å². The predicted molar refractivity (Wildman–Crippen MR) is 84.6 cm³/mol. The summed E-state index contributed by atoms with van der Waals surface area (Å²) in [6, 6.07) is -0.172. The van der Waals surface area contributed by atoms with Gasteiger partial charge in [-0.15, -0.1) is 10.2 Å². The first kappa shape index (κ1) is 16.0. The standard InChI is InChI=1S/C12H19N5O2S2/c1-4-6-13-9-8-16(3)12(18)17(9)10-14-15-11(20-10)21(19)7-5-2/h4-8H2,1-3H3. The SMILES string of the molecule is CCCN=C1CN(C)C(=O)N1c1nnc(S(=O)CCC)s1. The van der Waals surface area contributed by atoms with E-state index in [9.17, 15) is 9.00 Å². The Labute approximate surface area is 130 Å². The molecule has 2 amide bonds. The lowest BCUT2D eigenvalue weighted by Gasteiger charge is -2.11. The van der Waals surface area contributed by atoms with Crippen molar-refractivity contribution in [1.29, 1.82) is 0 Å². The van der Waals surface area contributed by atoms with E-state index in [1.54, 1.807) is 11.9 Å². The number of carbonyl (C=O) groups excluding carboxylic acids is 1. The Morgan fingerprint density at radius 1 is 1.33 bits per heavy atom. The summed E-state index contributed by atoms with van der Waals surface area (Å²) < 4.78 is 12.4. The van der Waals surface area contributed by atoms with E-state index < -0.39 is 10.8 Å². The number of nitrogens with zero attached hydrogens (tertiary/aromatic N) is 5. The summed E-state index contributed by atoms with van der Waals surface area (Å²) in [4.78, 5) is 19.7. The van der Waals surface area contributed by atoms with Crippen LogP contribution in [0.4, 0.5) is 9.93 Å². The van der Waals surface area contributed by atoms with Gasteiger partial charge in [0.05, 0.1) is 17.3 Å². The lowest BCUT2D eigenvalue weighted by molar-refractivity contribution is 0.229. The van der Waals surface area contributed by atoms with Gasteiger partial charge in [-0.1, -0.05) is 25.2 Å². The highest BCUT2D eigenvalue weighted by molar-refractivity contribution is 7.87. The van der Waals surface area contributed by atoms with E-state index in [0.717, 1.165) is 12.8 Å². The fourth-order valence-electron chi connectivity index (χ4n) is 1.84. The zero-order valence-corrected chi connectivity index (χ0v) is 14.0. The third-order valence-electron chi connectivity index (χ3n) is 2.84. The van der Waals surface area contributed by atoms with E-state index >= 15 is 0 Å². The molecule has 0 spiro atoms. The van der Waals surface area contributed by atoms with Crippen molar-refractivity contribution < 1.29 is 9.00 Å². The molecule has 0 aromatic carbocycles. The largest absolute Gasteiger partial charge is 0.332 e. The zero-order valence-electron chi connectivity index (χ0n) is 12.4. The molecule has 1 fully saturated rings. The van der Waals surface area contributed by atoms with Gasteiger partial charge in [-0.05, 0) is 12.8 Å². The number of aromatic nitrogens is 2. The van der Waals surface area contributed by atoms with Crippen molar-refractivity contribution in [3.8, 4) is 0 Å². The molecule has 1 aliphatic heterocycles. The number of amidine groups is 1. The van der Waals surface area contributed by atoms with E-state index in [4.69, 9.17) is 0 Å². The van der Waals surface area contributed by atoms with Crippen LogP contribution in [-0.4, -0.2) is 57.1 Å². The highest BCUT2D eigenvalue weighted by atomic mass is 32.2. The molecule has 1 saturated heterocycles. The maximum absolute atomic E-state index is 12.2. The van der Waals surface area contributed by atoms with E-state index in [0.29, 0.717) is 34.1 Å². The monoisotopic (exact) mass is 329 g/mol. The van der Waals surface area contributed by atoms with Crippen LogP contribution in [0.25, 0.3) is 0 Å². The number of rotatable bonds is 6. The molecular weight excluding hydrogens is 310 g/mol. The van der Waals surface area contributed by atoms with Crippen LogP contribution in [0.15, 0.2) is 9.33 Å². The van der Waals surface area contributed by atoms with Gasteiger partial charge in [0, 0.05) is 19.3 Å². The first-order valence-corrected chi connectivity index (χ1v) is 9.02. The minimum absolute atomic E-state index is 0.172. The van der Waals surface area contributed by atoms with Gasteiger partial charge in [0.2, 0.25) is 9.47 Å². The number of likely N-dealkylation sites (N-methyl/N-ethyl adjacent to an activating group) is 1. The molecule has 116 valence electrons. The molecule has 1 unspecified atom stereocenters. The quantitative estimate of drug-likeness (QED) is 0.745. The maximum atomic E-state index is 12.2. The van der Waals surface area contributed by atoms with Gasteiger partial charge in [-0.3, -0.25) is 9.20 Å². The van der Waals surface area contributed by atoms with Crippen molar-refractivity contribution in [1.82, 2.24) is 15.1 Å². The van der Waals surface area contributed by atoms with Crippen LogP contribution in [0.2, 0.25) is 0 Å². The maximum Gasteiger partial charge on any atom is 0.332 e. The molecule has 1 atom stereocenters. The Kier molecular flexibility index (Phi) is 5.40. The van der Waals surface area contributed by atoms with Crippen molar-refractivity contribution in [2.45, 2.75) is 31.0 Å². The van der Waals surface area contributed by atoms with Gasteiger partial charge in [0.1, 0.15) is 5.84 Å². The fraction of sp³-hybridized carbons (Fsp3) is 0.667. The molecule has 0 radical (unpaired) electrons. The number of aliphatic imine (C=N–C) groups is 1. The summed E-state index contributed by atoms with van der Waals surface area (Å²) in [6.45, 7) is 5.13. The van der Waals surface area contributed by atoms with Gasteiger partial charge in [0.15, 0.2) is 0 Å². The molecular formula is C12H19N5O2S2. The molecule has 9 heteroatoms. The lowest BCUT2D eigenvalue weighted by Crippen LogP contribution is -2.31. The number of carbonyl (C=O) groups is 1. The van der Waals surface area contributed by atoms with E-state index in [2.05, 4.69) is 15.2 Å². The van der Waals surface area contributed by atoms with E-state index in [1.807, 2.05) is 13.8 Å². The number of anilines is 1. The summed E-state index contributed by atoms with van der Waals surface area (Å²) >= 11 is 1.20. The fourth-order valence-corrected chi connectivity index (χ4v) is 3.96. The lowest BCUT2D eigenvalue weighted by atomic mass is 10.5. The van der Waals surface area contributed by atoms with Gasteiger partial charge < -0.3 is 4.90 Å². The first-order valence-electron chi connectivity index (χ1n) is 6.88. The molecule has 0 aliphatic carbocycles. The first-order chi connectivity index (χ1) is 10.1. The molecule has 0 bridgehead atoms. The van der Waals surface area contributed by atoms with Crippen LogP contribution in [-0.2, 0) is 10.8 Å². The van der Waals surface area contributed by atoms with Crippen LogP contribution in [0.5, 0.6) is 0 Å². The summed E-state index contributed by atoms with van der Waals surface area (Å²) in [5.74, 6) is 1.23. The normalized spacial score (nSPS) is 18.8. The minimum atomic E-state index is -1.15. The second-order valence-electron chi connectivity index (χ2n) is 4.67. The molecule has 0 saturated carbocycles. The highest BCUT2D eigenvalue weighted by Crippen LogP contribution is 2.27. The van der Waals surface area contributed by atoms with E-state index in [-0.39, 0.29) is 6.03 Å². The third kappa shape index (κ3) is 3.46. The molecule has 7 nitrogen and oxygen atoms in total. The molecule has 1 aromatic heterocycles. The Balaban J connectivity index is 2.26. The summed E-state index contributed by atoms with van der Waals surface area (Å²) in [7, 11) is 0.577. The average Bonchev–Trinajstić information content (AvgIpc) is 3.03. The zero-order chi connectivity index (χ0) is 15.4. The van der Waals surface area contributed by atoms with E-state index in [1.165, 1.54) is 16.2 Å². The second-order valence-corrected chi connectivity index (χ2v) is 7.37. The Hall–Kier alpha value is -1.35. The Bertz CT molecular complexity index is 572. The Morgan fingerprint density at radius 3 is 2.76 bits per heavy atom. The topological polar surface area (TPSA) is 78.8 Å². The summed E-state index contributed by atoms with van der Waals surface area (Å²) in [5.41, 5.74) is 0. The number of hydrogen-bond acceptors (Lipinski definition) is 6. The van der Waals surface area contributed by atoms with Crippen molar-refractivity contribution in [3.05, 3.63) is 0 Å². The molecule has 2 rings (SSSR count). The van der Waals surface area contributed by atoms with Crippen LogP contribution in [0, 0.1) is 0 Å². The van der Waals surface area contributed by atoms with Crippen molar-refractivity contribution in [2.75, 3.05) is 30.8 Å². The number of hydrogen-bond donors (Lipinski definition) is 0. The second kappa shape index (κ2) is 7.08. The summed E-state index contributed by atoms with van der Waals surface area (Å²) in [5, 5.41) is 8.42. The van der Waals surface area contributed by atoms with Gasteiger partial charge in [0.25, 0.3) is 0 Å². The minimum Gasteiger partial charge on any atom is -0.320 e. The molecule has 21 heavy (non-hydrogen) atoms. The number of urea groups is 1. The highest BCUT2D eigenvalue weighted by Gasteiger charge is 2.35. The molecule has 1 aliphatic rings. The Morgan fingerprint density at radius 2 is 2.10 bits per heavy atom. The van der Waals surface area contributed by atoms with Crippen molar-refractivity contribution >= 4 is 39.1 Å². The van der Waals surface area contributed by atoms with Crippen LogP contribution < -0.4 is 4.90 Å². The summed E-state index contributed by atoms with van der Waals surface area (Å²) in [6.07, 6.45) is 1.73. The van der Waals surface area contributed by atoms with Crippen LogP contribution in [0.3, 0.4) is 0 Å². The third-order valence-corrected chi connectivity index (χ3v) is 5.60. The van der Waals surface area contributed by atoms with Crippen LogP contribution in [0.1, 0.15) is 26.7 Å². The molecule has 2 heterocycles. The smallest absolute Gasteiger partial charge is 0.320 e. The van der Waals surface area contributed by atoms with Crippen molar-refractivity contribution in [3.63, 3.8) is 0 Å². The van der Waals surface area contributed by atoms with Gasteiger partial charge in [-0.2, -0.15) is 0 Å². The van der Waals surface area contributed by atoms with Gasteiger partial charge >= 0.3 is 6.03 Å².